The van der Waals surface area contributed by atoms with Crippen LogP contribution in [0.4, 0.5) is 11.4 Å². The Morgan fingerprint density at radius 2 is 1.70 bits per heavy atom. The Morgan fingerprint density at radius 3 is 2.30 bits per heavy atom. The van der Waals surface area contributed by atoms with Crippen LogP contribution in [0.25, 0.3) is 11.3 Å². The molecule has 0 N–H and O–H groups in total. The topological polar surface area (TPSA) is 19.4 Å². The van der Waals surface area contributed by atoms with Crippen LogP contribution in [0.5, 0.6) is 0 Å². The van der Waals surface area contributed by atoms with E-state index in [4.69, 9.17) is 0 Å². The molecule has 0 radical (unpaired) electrons. The summed E-state index contributed by atoms with van der Waals surface area (Å²) in [5.41, 5.74) is 4.56. The fourth-order valence-electron chi connectivity index (χ4n) is 2.07. The predicted octanol–water partition coefficient (Wildman–Crippen LogP) is 3.60. The van der Waals surface area contributed by atoms with Crippen molar-refractivity contribution in [3.8, 4) is 11.3 Å². The van der Waals surface area contributed by atoms with Gasteiger partial charge in [0.05, 0.1) is 5.69 Å². The van der Waals surface area contributed by atoms with Gasteiger partial charge >= 0.3 is 0 Å². The third-order valence-corrected chi connectivity index (χ3v) is 3.95. The summed E-state index contributed by atoms with van der Waals surface area (Å²) in [5.74, 6) is 0. The van der Waals surface area contributed by atoms with Gasteiger partial charge in [0.1, 0.15) is 0 Å². The van der Waals surface area contributed by atoms with Gasteiger partial charge in [0, 0.05) is 56.2 Å². The molecule has 0 fully saturated rings. The third-order valence-electron chi connectivity index (χ3n) is 3.22. The van der Waals surface area contributed by atoms with E-state index in [0.29, 0.717) is 0 Å². The van der Waals surface area contributed by atoms with Crippen LogP contribution in [0.3, 0.4) is 0 Å². The second-order valence-corrected chi connectivity index (χ2v) is 5.95. The van der Waals surface area contributed by atoms with E-state index in [1.807, 2.05) is 12.3 Å². The summed E-state index contributed by atoms with van der Waals surface area (Å²) in [5, 5.41) is 0. The van der Waals surface area contributed by atoms with Crippen molar-refractivity contribution in [2.75, 3.05) is 44.2 Å². The van der Waals surface area contributed by atoms with Crippen LogP contribution in [0.15, 0.2) is 41.4 Å². The van der Waals surface area contributed by atoms with Crippen molar-refractivity contribution in [2.24, 2.45) is 0 Å². The highest BCUT2D eigenvalue weighted by Gasteiger charge is 2.10. The number of hydrogen-bond donors (Lipinski definition) is 0. The smallest absolute Gasteiger partial charge is 0.0733 e. The van der Waals surface area contributed by atoms with Crippen molar-refractivity contribution in [2.45, 2.75) is 4.90 Å². The van der Waals surface area contributed by atoms with E-state index >= 15 is 0 Å². The third kappa shape index (κ3) is 3.07. The molecule has 1 aromatic carbocycles. The van der Waals surface area contributed by atoms with Gasteiger partial charge in [0.2, 0.25) is 0 Å². The lowest BCUT2D eigenvalue weighted by atomic mass is 10.1. The van der Waals surface area contributed by atoms with Gasteiger partial charge in [-0.05, 0) is 36.6 Å². The molecular formula is C16H21N3S. The zero-order chi connectivity index (χ0) is 14.7. The van der Waals surface area contributed by atoms with E-state index in [1.165, 1.54) is 16.3 Å². The minimum Gasteiger partial charge on any atom is -0.378 e. The van der Waals surface area contributed by atoms with Crippen LogP contribution >= 0.6 is 11.8 Å². The van der Waals surface area contributed by atoms with Crippen molar-refractivity contribution < 1.29 is 0 Å². The number of benzene rings is 1. The van der Waals surface area contributed by atoms with Crippen molar-refractivity contribution in [3.63, 3.8) is 0 Å². The highest BCUT2D eigenvalue weighted by molar-refractivity contribution is 7.98. The highest BCUT2D eigenvalue weighted by atomic mass is 32.2. The Morgan fingerprint density at radius 1 is 0.950 bits per heavy atom. The first kappa shape index (κ1) is 14.7. The van der Waals surface area contributed by atoms with Crippen LogP contribution in [0.1, 0.15) is 0 Å². The van der Waals surface area contributed by atoms with Gasteiger partial charge in [-0.2, -0.15) is 0 Å². The van der Waals surface area contributed by atoms with Gasteiger partial charge in [0.25, 0.3) is 0 Å². The van der Waals surface area contributed by atoms with E-state index in [1.54, 1.807) is 11.8 Å². The van der Waals surface area contributed by atoms with Gasteiger partial charge in [-0.15, -0.1) is 11.8 Å². The molecule has 0 bridgehead atoms. The van der Waals surface area contributed by atoms with Gasteiger partial charge < -0.3 is 9.80 Å². The standard InChI is InChI=1S/C16H21N3S/c1-18(2)12-6-7-14(16(10-12)19(3)4)15-11-13(20-5)8-9-17-15/h6-11H,1-5H3. The van der Waals surface area contributed by atoms with Gasteiger partial charge in [-0.25, -0.2) is 0 Å². The van der Waals surface area contributed by atoms with E-state index in [9.17, 15) is 0 Å². The van der Waals surface area contributed by atoms with E-state index in [0.717, 1.165) is 11.3 Å². The largest absolute Gasteiger partial charge is 0.378 e. The Kier molecular flexibility index (Phi) is 4.55. The lowest BCUT2D eigenvalue weighted by molar-refractivity contribution is 1.10. The molecule has 0 saturated carbocycles. The first-order chi connectivity index (χ1) is 9.52. The number of thioether (sulfide) groups is 1. The maximum Gasteiger partial charge on any atom is 0.0733 e. The molecule has 20 heavy (non-hydrogen) atoms. The number of hydrogen-bond acceptors (Lipinski definition) is 4. The second kappa shape index (κ2) is 6.18. The molecule has 0 atom stereocenters. The molecule has 0 spiro atoms. The predicted molar refractivity (Wildman–Crippen MR) is 90.1 cm³/mol. The van der Waals surface area contributed by atoms with Crippen LogP contribution in [-0.2, 0) is 0 Å². The number of aromatic nitrogens is 1. The summed E-state index contributed by atoms with van der Waals surface area (Å²) in [7, 11) is 8.25. The van der Waals surface area contributed by atoms with Gasteiger partial charge in [-0.3, -0.25) is 4.98 Å². The SMILES string of the molecule is CSc1ccnc(-c2ccc(N(C)C)cc2N(C)C)c1. The van der Waals surface area contributed by atoms with Crippen LogP contribution < -0.4 is 9.80 Å². The average molecular weight is 287 g/mol. The van der Waals surface area contributed by atoms with E-state index < -0.39 is 0 Å². The Hall–Kier alpha value is -1.68. The number of nitrogens with zero attached hydrogens (tertiary/aromatic N) is 3. The maximum absolute atomic E-state index is 4.52. The van der Waals surface area contributed by atoms with E-state index in [-0.39, 0.29) is 0 Å². The summed E-state index contributed by atoms with van der Waals surface area (Å²) in [6, 6.07) is 10.7. The Labute approximate surface area is 125 Å². The fourth-order valence-corrected chi connectivity index (χ4v) is 2.50. The molecule has 0 aliphatic rings. The molecule has 3 nitrogen and oxygen atoms in total. The number of rotatable bonds is 4. The van der Waals surface area contributed by atoms with Gasteiger partial charge in [0.15, 0.2) is 0 Å². The van der Waals surface area contributed by atoms with Crippen molar-refractivity contribution in [3.05, 3.63) is 36.5 Å². The fraction of sp³-hybridized carbons (Fsp3) is 0.312. The average Bonchev–Trinajstić information content (AvgIpc) is 2.46. The molecule has 0 amide bonds. The second-order valence-electron chi connectivity index (χ2n) is 5.07. The number of anilines is 2. The number of pyridine rings is 1. The highest BCUT2D eigenvalue weighted by Crippen LogP contribution is 2.33. The molecule has 2 rings (SSSR count). The summed E-state index contributed by atoms with van der Waals surface area (Å²) >= 11 is 1.74. The Bertz CT molecular complexity index is 594. The maximum atomic E-state index is 4.52. The molecule has 0 saturated heterocycles. The summed E-state index contributed by atoms with van der Waals surface area (Å²) in [6.45, 7) is 0. The zero-order valence-electron chi connectivity index (χ0n) is 12.7. The monoisotopic (exact) mass is 287 g/mol. The zero-order valence-corrected chi connectivity index (χ0v) is 13.5. The molecule has 0 aliphatic heterocycles. The Balaban J connectivity index is 2.55. The normalized spacial score (nSPS) is 10.4. The van der Waals surface area contributed by atoms with Crippen molar-refractivity contribution >= 4 is 23.1 Å². The minimum atomic E-state index is 1.02. The lowest BCUT2D eigenvalue weighted by Crippen LogP contribution is -2.13. The molecular weight excluding hydrogens is 266 g/mol. The molecule has 106 valence electrons. The lowest BCUT2D eigenvalue weighted by Gasteiger charge is -2.21. The van der Waals surface area contributed by atoms with Crippen molar-refractivity contribution in [1.29, 1.82) is 0 Å². The molecule has 0 unspecified atom stereocenters. The molecule has 2 aromatic rings. The molecule has 1 heterocycles. The first-order valence-electron chi connectivity index (χ1n) is 6.52. The summed E-state index contributed by atoms with van der Waals surface area (Å²) in [4.78, 5) is 10.0. The minimum absolute atomic E-state index is 1.02. The van der Waals surface area contributed by atoms with E-state index in [2.05, 4.69) is 73.5 Å². The van der Waals surface area contributed by atoms with Crippen LogP contribution in [0.2, 0.25) is 0 Å². The van der Waals surface area contributed by atoms with Crippen LogP contribution in [0, 0.1) is 0 Å². The van der Waals surface area contributed by atoms with Crippen molar-refractivity contribution in [1.82, 2.24) is 4.98 Å². The molecule has 1 aromatic heterocycles. The molecule has 4 heteroatoms. The summed E-state index contributed by atoms with van der Waals surface area (Å²) < 4.78 is 0. The quantitative estimate of drug-likeness (QED) is 0.800. The summed E-state index contributed by atoms with van der Waals surface area (Å²) in [6.07, 6.45) is 3.96. The molecule has 0 aliphatic carbocycles. The first-order valence-corrected chi connectivity index (χ1v) is 7.74. The van der Waals surface area contributed by atoms with Gasteiger partial charge in [-0.1, -0.05) is 0 Å². The van der Waals surface area contributed by atoms with Crippen LogP contribution in [-0.4, -0.2) is 39.4 Å².